The van der Waals surface area contributed by atoms with Crippen molar-refractivity contribution in [1.82, 2.24) is 14.0 Å². The fraction of sp³-hybridized carbons (Fsp3) is 0.0789. The molecule has 0 fully saturated rings. The Morgan fingerprint density at radius 1 is 0.595 bits per heavy atom. The van der Waals surface area contributed by atoms with Crippen LogP contribution in [0.15, 0.2) is 122 Å². The fourth-order valence-electron chi connectivity index (χ4n) is 8.39. The first kappa shape index (κ1) is 22.6. The molecule has 0 saturated carbocycles. The van der Waals surface area contributed by atoms with Gasteiger partial charge in [0.25, 0.3) is 0 Å². The maximum atomic E-state index is 4.52. The molecule has 5 aromatic carbocycles. The van der Waals surface area contributed by atoms with Crippen molar-refractivity contribution >= 4 is 61.4 Å². The van der Waals surface area contributed by atoms with E-state index in [0.717, 1.165) is 0 Å². The van der Waals surface area contributed by atoms with Gasteiger partial charge >= 0.3 is 6.85 Å². The first-order valence-corrected chi connectivity index (χ1v) is 14.8. The molecule has 0 N–H and O–H groups in total. The molecule has 0 unspecified atom stereocenters. The number of nitrogens with zero attached hydrogens (tertiary/aromatic N) is 3. The standard InChI is InChI=1S/C38H26BN3/c1-38(2)29-13-5-3-10-23(29)25-18-19-27-24-11-4-7-16-33(24)42(37(27)35(25)38)39-30-14-6-8-17-34(30)41-32-20-21-40-22-28(32)26-12-9-15-31(39)36(26)41/h3-22H,1-2H3. The molecule has 3 nitrogen and oxygen atoms in total. The SMILES string of the molecule is CC1(C)c2ccccc2-c2ccc3c4ccccc4n(B4c5ccccc5-n5c6ccncc6c6cccc4c65)c3c21. The number of fused-ring (bicyclic) bond motifs is 12. The van der Waals surface area contributed by atoms with Crippen molar-refractivity contribution in [2.45, 2.75) is 19.3 Å². The van der Waals surface area contributed by atoms with Crippen LogP contribution in [0.3, 0.4) is 0 Å². The number of hydrogen-bond donors (Lipinski definition) is 0. The van der Waals surface area contributed by atoms with Gasteiger partial charge in [-0.3, -0.25) is 4.98 Å². The zero-order valence-corrected chi connectivity index (χ0v) is 23.5. The zero-order chi connectivity index (χ0) is 27.7. The summed E-state index contributed by atoms with van der Waals surface area (Å²) in [4.78, 5) is 4.52. The van der Waals surface area contributed by atoms with E-state index in [9.17, 15) is 0 Å². The van der Waals surface area contributed by atoms with Gasteiger partial charge in [-0.2, -0.15) is 0 Å². The second-order valence-corrected chi connectivity index (χ2v) is 12.4. The molecule has 196 valence electrons. The molecule has 1 aliphatic heterocycles. The van der Waals surface area contributed by atoms with Crippen LogP contribution in [-0.4, -0.2) is 20.9 Å². The van der Waals surface area contributed by atoms with Crippen LogP contribution in [0.4, 0.5) is 0 Å². The van der Waals surface area contributed by atoms with Crippen LogP contribution in [0.25, 0.3) is 60.4 Å². The van der Waals surface area contributed by atoms with Gasteiger partial charge in [-0.05, 0) is 51.4 Å². The van der Waals surface area contributed by atoms with Crippen LogP contribution in [0.2, 0.25) is 0 Å². The van der Waals surface area contributed by atoms with E-state index in [1.807, 2.05) is 12.4 Å². The van der Waals surface area contributed by atoms with Gasteiger partial charge in [-0.1, -0.05) is 105 Å². The molecule has 10 rings (SSSR count). The van der Waals surface area contributed by atoms with E-state index in [2.05, 4.69) is 137 Å². The zero-order valence-electron chi connectivity index (χ0n) is 23.5. The summed E-state index contributed by atoms with van der Waals surface area (Å²) in [5.74, 6) is 0. The lowest BCUT2D eigenvalue weighted by atomic mass is 9.48. The van der Waals surface area contributed by atoms with E-state index in [1.165, 1.54) is 82.5 Å². The summed E-state index contributed by atoms with van der Waals surface area (Å²) in [6, 6.07) is 40.7. The van der Waals surface area contributed by atoms with Crippen LogP contribution in [0.5, 0.6) is 0 Å². The highest BCUT2D eigenvalue weighted by atomic mass is 15.0. The van der Waals surface area contributed by atoms with Crippen molar-refractivity contribution in [2.24, 2.45) is 0 Å². The Hall–Kier alpha value is -5.09. The van der Waals surface area contributed by atoms with Crippen LogP contribution >= 0.6 is 0 Å². The third kappa shape index (κ3) is 2.53. The van der Waals surface area contributed by atoms with Gasteiger partial charge < -0.3 is 9.05 Å². The maximum absolute atomic E-state index is 4.52. The van der Waals surface area contributed by atoms with E-state index >= 15 is 0 Å². The van der Waals surface area contributed by atoms with Gasteiger partial charge in [0, 0.05) is 56.1 Å². The Morgan fingerprint density at radius 2 is 1.36 bits per heavy atom. The van der Waals surface area contributed by atoms with E-state index in [1.54, 1.807) is 0 Å². The van der Waals surface area contributed by atoms with E-state index in [-0.39, 0.29) is 12.3 Å². The minimum Gasteiger partial charge on any atom is -0.376 e. The van der Waals surface area contributed by atoms with E-state index < -0.39 is 0 Å². The van der Waals surface area contributed by atoms with Gasteiger partial charge in [0.05, 0.1) is 11.0 Å². The summed E-state index contributed by atoms with van der Waals surface area (Å²) in [6.45, 7) is 4.82. The molecular formula is C38H26BN3. The highest BCUT2D eigenvalue weighted by molar-refractivity contribution is 6.88. The predicted octanol–water partition coefficient (Wildman–Crippen LogP) is 7.56. The molecule has 42 heavy (non-hydrogen) atoms. The molecule has 8 aromatic rings. The second kappa shape index (κ2) is 7.60. The maximum Gasteiger partial charge on any atom is 0.332 e. The molecule has 0 radical (unpaired) electrons. The topological polar surface area (TPSA) is 22.8 Å². The first-order valence-electron chi connectivity index (χ1n) is 14.8. The summed E-state index contributed by atoms with van der Waals surface area (Å²) < 4.78 is 5.13. The number of benzene rings is 5. The van der Waals surface area contributed by atoms with Crippen LogP contribution < -0.4 is 10.9 Å². The molecule has 0 atom stereocenters. The number of aromatic nitrogens is 3. The molecule has 3 aromatic heterocycles. The number of hydrogen-bond acceptors (Lipinski definition) is 1. The molecule has 0 saturated heterocycles. The molecule has 0 amide bonds. The number of rotatable bonds is 1. The predicted molar refractivity (Wildman–Crippen MR) is 176 cm³/mol. The minimum absolute atomic E-state index is 0.0167. The van der Waals surface area contributed by atoms with Crippen molar-refractivity contribution in [1.29, 1.82) is 0 Å². The summed E-state index contributed by atoms with van der Waals surface area (Å²) >= 11 is 0. The summed E-state index contributed by atoms with van der Waals surface area (Å²) in [7, 11) is 0. The van der Waals surface area contributed by atoms with Crippen LogP contribution in [-0.2, 0) is 5.41 Å². The Balaban J connectivity index is 1.43. The molecule has 2 aliphatic rings. The summed E-state index contributed by atoms with van der Waals surface area (Å²) in [5.41, 5.74) is 14.4. The molecule has 0 bridgehead atoms. The van der Waals surface area contributed by atoms with Crippen molar-refractivity contribution in [2.75, 3.05) is 0 Å². The molecular weight excluding hydrogens is 509 g/mol. The molecule has 4 heterocycles. The highest BCUT2D eigenvalue weighted by Crippen LogP contribution is 2.52. The largest absolute Gasteiger partial charge is 0.376 e. The smallest absolute Gasteiger partial charge is 0.332 e. The highest BCUT2D eigenvalue weighted by Gasteiger charge is 2.41. The normalized spacial score (nSPS) is 14.6. The van der Waals surface area contributed by atoms with Crippen molar-refractivity contribution in [3.8, 4) is 16.8 Å². The lowest BCUT2D eigenvalue weighted by Gasteiger charge is -2.30. The van der Waals surface area contributed by atoms with Gasteiger partial charge in [0.15, 0.2) is 0 Å². The Kier molecular flexibility index (Phi) is 4.09. The number of pyridine rings is 1. The first-order chi connectivity index (χ1) is 20.6. The summed E-state index contributed by atoms with van der Waals surface area (Å²) in [5, 5.41) is 5.09. The minimum atomic E-state index is -0.127. The van der Waals surface area contributed by atoms with Crippen molar-refractivity contribution in [3.63, 3.8) is 0 Å². The number of para-hydroxylation sites is 3. The van der Waals surface area contributed by atoms with E-state index in [0.29, 0.717) is 0 Å². The third-order valence-electron chi connectivity index (χ3n) is 10.0. The lowest BCUT2D eigenvalue weighted by Crippen LogP contribution is -2.53. The monoisotopic (exact) mass is 535 g/mol. The van der Waals surface area contributed by atoms with Crippen LogP contribution in [0.1, 0.15) is 25.0 Å². The van der Waals surface area contributed by atoms with Gasteiger partial charge in [0.2, 0.25) is 0 Å². The molecule has 1 aliphatic carbocycles. The quantitative estimate of drug-likeness (QED) is 0.199. The third-order valence-corrected chi connectivity index (χ3v) is 10.0. The summed E-state index contributed by atoms with van der Waals surface area (Å²) in [6.07, 6.45) is 3.93. The van der Waals surface area contributed by atoms with Gasteiger partial charge in [-0.25, -0.2) is 0 Å². The second-order valence-electron chi connectivity index (χ2n) is 12.4. The van der Waals surface area contributed by atoms with E-state index in [4.69, 9.17) is 0 Å². The Labute approximate surface area is 243 Å². The van der Waals surface area contributed by atoms with Crippen molar-refractivity contribution < 1.29 is 0 Å². The lowest BCUT2D eigenvalue weighted by molar-refractivity contribution is 0.664. The van der Waals surface area contributed by atoms with Crippen molar-refractivity contribution in [3.05, 3.63) is 133 Å². The van der Waals surface area contributed by atoms with Gasteiger partial charge in [-0.15, -0.1) is 0 Å². The average Bonchev–Trinajstić information content (AvgIpc) is 3.63. The average molecular weight is 535 g/mol. The Morgan fingerprint density at radius 3 is 2.31 bits per heavy atom. The fourth-order valence-corrected chi connectivity index (χ4v) is 8.39. The Bertz CT molecular complexity index is 2460. The molecule has 4 heteroatoms. The molecule has 0 spiro atoms. The van der Waals surface area contributed by atoms with Gasteiger partial charge in [0.1, 0.15) is 0 Å². The van der Waals surface area contributed by atoms with Crippen LogP contribution in [0, 0.1) is 0 Å².